The first-order chi connectivity index (χ1) is 9.27. The van der Waals surface area contributed by atoms with Gasteiger partial charge in [-0.25, -0.2) is 4.98 Å². The molecule has 0 aliphatic heterocycles. The summed E-state index contributed by atoms with van der Waals surface area (Å²) in [4.78, 5) is 15.9. The van der Waals surface area contributed by atoms with Crippen molar-refractivity contribution >= 4 is 40.3 Å². The Morgan fingerprint density at radius 2 is 2.00 bits per heavy atom. The van der Waals surface area contributed by atoms with Crippen LogP contribution in [0.4, 0.5) is 24.0 Å². The summed E-state index contributed by atoms with van der Waals surface area (Å²) < 4.78 is 37.8. The minimum absolute atomic E-state index is 0. The molecule has 3 nitrogen and oxygen atoms in total. The number of carbonyl (C=O) groups is 1. The van der Waals surface area contributed by atoms with Gasteiger partial charge in [-0.3, -0.25) is 4.79 Å². The quantitative estimate of drug-likeness (QED) is 0.816. The number of aryl methyl sites for hydroxylation is 1. The largest absolute Gasteiger partial charge is 0.416 e. The van der Waals surface area contributed by atoms with E-state index in [0.29, 0.717) is 15.7 Å². The number of nitrogens with zero attached hydrogens (tertiary/aromatic N) is 1. The zero-order valence-corrected chi connectivity index (χ0v) is 12.7. The van der Waals surface area contributed by atoms with Crippen LogP contribution in [0.5, 0.6) is 0 Å². The fraction of sp³-hybridized carbons (Fsp3) is 0.231. The van der Waals surface area contributed by atoms with Crippen molar-refractivity contribution < 1.29 is 18.0 Å². The van der Waals surface area contributed by atoms with Crippen LogP contribution in [0.2, 0.25) is 0 Å². The van der Waals surface area contributed by atoms with Crippen LogP contribution in [-0.2, 0) is 6.18 Å². The third-order valence-electron chi connectivity index (χ3n) is 2.56. The Morgan fingerprint density at radius 3 is 2.52 bits per heavy atom. The van der Waals surface area contributed by atoms with E-state index in [9.17, 15) is 18.0 Å². The number of anilines is 2. The SMILES string of the molecule is CC(=O)c1sc(Nc2cccc(C(F)(F)F)c2)nc1C.Cl. The fourth-order valence-corrected chi connectivity index (χ4v) is 2.56. The van der Waals surface area contributed by atoms with Crippen LogP contribution in [0, 0.1) is 6.92 Å². The molecular weight excluding hydrogens is 325 g/mol. The van der Waals surface area contributed by atoms with E-state index in [1.165, 1.54) is 19.1 Å². The summed E-state index contributed by atoms with van der Waals surface area (Å²) in [5.41, 5.74) is 0.114. The summed E-state index contributed by atoms with van der Waals surface area (Å²) in [5, 5.41) is 3.18. The number of alkyl halides is 3. The number of hydrogen-bond acceptors (Lipinski definition) is 4. The van der Waals surface area contributed by atoms with Crippen molar-refractivity contribution in [2.45, 2.75) is 20.0 Å². The van der Waals surface area contributed by atoms with Gasteiger partial charge in [-0.2, -0.15) is 13.2 Å². The minimum atomic E-state index is -4.39. The molecule has 2 aromatic rings. The molecule has 0 atom stereocenters. The Kier molecular flexibility index (Phi) is 5.36. The maximum absolute atomic E-state index is 12.6. The van der Waals surface area contributed by atoms with E-state index in [2.05, 4.69) is 10.3 Å². The maximum atomic E-state index is 12.6. The van der Waals surface area contributed by atoms with Crippen molar-refractivity contribution in [1.29, 1.82) is 0 Å². The molecule has 0 unspecified atom stereocenters. The molecule has 1 heterocycles. The molecule has 0 fully saturated rings. The molecule has 0 radical (unpaired) electrons. The predicted octanol–water partition coefficient (Wildman–Crippen LogP) is 4.84. The van der Waals surface area contributed by atoms with Crippen LogP contribution in [-0.4, -0.2) is 10.8 Å². The molecule has 0 saturated heterocycles. The van der Waals surface area contributed by atoms with Crippen LogP contribution in [0.3, 0.4) is 0 Å². The molecule has 8 heteroatoms. The first-order valence-corrected chi connectivity index (χ1v) is 6.51. The maximum Gasteiger partial charge on any atom is 0.416 e. The van der Waals surface area contributed by atoms with Gasteiger partial charge in [-0.15, -0.1) is 12.4 Å². The van der Waals surface area contributed by atoms with Crippen LogP contribution < -0.4 is 5.32 Å². The lowest BCUT2D eigenvalue weighted by molar-refractivity contribution is -0.137. The molecular formula is C13H12ClF3N2OS. The first-order valence-electron chi connectivity index (χ1n) is 5.70. The molecule has 1 N–H and O–H groups in total. The van der Waals surface area contributed by atoms with Crippen molar-refractivity contribution in [2.24, 2.45) is 0 Å². The third-order valence-corrected chi connectivity index (χ3v) is 3.73. The summed E-state index contributed by atoms with van der Waals surface area (Å²) in [7, 11) is 0. The topological polar surface area (TPSA) is 42.0 Å². The molecule has 0 amide bonds. The molecule has 0 spiro atoms. The molecule has 114 valence electrons. The van der Waals surface area contributed by atoms with Crippen molar-refractivity contribution in [2.75, 3.05) is 5.32 Å². The van der Waals surface area contributed by atoms with Crippen LogP contribution in [0.15, 0.2) is 24.3 Å². The highest BCUT2D eigenvalue weighted by atomic mass is 35.5. The van der Waals surface area contributed by atoms with E-state index >= 15 is 0 Å². The van der Waals surface area contributed by atoms with Gasteiger partial charge < -0.3 is 5.32 Å². The Hall–Kier alpha value is -1.60. The van der Waals surface area contributed by atoms with Gasteiger partial charge in [-0.05, 0) is 25.1 Å². The number of hydrogen-bond donors (Lipinski definition) is 1. The number of nitrogens with one attached hydrogen (secondary N) is 1. The molecule has 21 heavy (non-hydrogen) atoms. The summed E-state index contributed by atoms with van der Waals surface area (Å²) >= 11 is 1.12. The smallest absolute Gasteiger partial charge is 0.332 e. The van der Waals surface area contributed by atoms with Gasteiger partial charge in [-0.1, -0.05) is 17.4 Å². The number of rotatable bonds is 3. The standard InChI is InChI=1S/C13H11F3N2OS.ClH/c1-7-11(8(2)19)20-12(17-7)18-10-5-3-4-9(6-10)13(14,15)16;/h3-6H,1-2H3,(H,17,18);1H. The van der Waals surface area contributed by atoms with E-state index in [1.807, 2.05) is 0 Å². The van der Waals surface area contributed by atoms with Crippen molar-refractivity contribution in [3.05, 3.63) is 40.4 Å². The molecule has 1 aromatic carbocycles. The Bertz CT molecular complexity index is 655. The number of halogens is 4. The van der Waals surface area contributed by atoms with Crippen LogP contribution in [0.1, 0.15) is 27.9 Å². The van der Waals surface area contributed by atoms with E-state index in [1.54, 1.807) is 6.92 Å². The van der Waals surface area contributed by atoms with Crippen molar-refractivity contribution in [3.63, 3.8) is 0 Å². The number of benzene rings is 1. The number of Topliss-reactive ketones (excluding diaryl/α,β-unsaturated/α-hetero) is 1. The molecule has 0 aliphatic rings. The fourth-order valence-electron chi connectivity index (χ4n) is 1.67. The molecule has 0 saturated carbocycles. The number of thiazole rings is 1. The van der Waals surface area contributed by atoms with Gasteiger partial charge in [0.1, 0.15) is 0 Å². The Balaban J connectivity index is 0.00000220. The van der Waals surface area contributed by atoms with Crippen molar-refractivity contribution in [3.8, 4) is 0 Å². The van der Waals surface area contributed by atoms with Gasteiger partial charge in [0.2, 0.25) is 0 Å². The lowest BCUT2D eigenvalue weighted by atomic mass is 10.2. The van der Waals surface area contributed by atoms with Crippen molar-refractivity contribution in [1.82, 2.24) is 4.98 Å². The summed E-state index contributed by atoms with van der Waals surface area (Å²) in [6, 6.07) is 4.83. The van der Waals surface area contributed by atoms with Crippen LogP contribution in [0.25, 0.3) is 0 Å². The number of ketones is 1. The molecule has 1 aromatic heterocycles. The van der Waals surface area contributed by atoms with Gasteiger partial charge in [0, 0.05) is 12.6 Å². The van der Waals surface area contributed by atoms with E-state index < -0.39 is 11.7 Å². The van der Waals surface area contributed by atoms with E-state index in [0.717, 1.165) is 23.5 Å². The zero-order chi connectivity index (χ0) is 14.9. The van der Waals surface area contributed by atoms with Gasteiger partial charge in [0.15, 0.2) is 10.9 Å². The Morgan fingerprint density at radius 1 is 1.33 bits per heavy atom. The summed E-state index contributed by atoms with van der Waals surface area (Å²) in [6.07, 6.45) is -4.39. The lowest BCUT2D eigenvalue weighted by Gasteiger charge is -2.08. The second-order valence-electron chi connectivity index (χ2n) is 4.19. The van der Waals surface area contributed by atoms with Gasteiger partial charge in [0.25, 0.3) is 0 Å². The minimum Gasteiger partial charge on any atom is -0.332 e. The highest BCUT2D eigenvalue weighted by Crippen LogP contribution is 2.32. The molecule has 0 aliphatic carbocycles. The van der Waals surface area contributed by atoms with E-state index in [-0.39, 0.29) is 23.9 Å². The second-order valence-corrected chi connectivity index (χ2v) is 5.19. The van der Waals surface area contributed by atoms with E-state index in [4.69, 9.17) is 0 Å². The number of carbonyl (C=O) groups excluding carboxylic acids is 1. The normalized spacial score (nSPS) is 10.9. The molecule has 0 bridgehead atoms. The predicted molar refractivity (Wildman–Crippen MR) is 78.8 cm³/mol. The van der Waals surface area contributed by atoms with Crippen LogP contribution >= 0.6 is 23.7 Å². The monoisotopic (exact) mass is 336 g/mol. The second kappa shape index (κ2) is 6.44. The lowest BCUT2D eigenvalue weighted by Crippen LogP contribution is -2.05. The number of aromatic nitrogens is 1. The average Bonchev–Trinajstić information content (AvgIpc) is 2.69. The zero-order valence-electron chi connectivity index (χ0n) is 11.1. The summed E-state index contributed by atoms with van der Waals surface area (Å²) in [6.45, 7) is 3.11. The average molecular weight is 337 g/mol. The first kappa shape index (κ1) is 17.5. The highest BCUT2D eigenvalue weighted by Gasteiger charge is 2.30. The third kappa shape index (κ3) is 4.18. The van der Waals surface area contributed by atoms with Gasteiger partial charge in [0.05, 0.1) is 16.1 Å². The van der Waals surface area contributed by atoms with Gasteiger partial charge >= 0.3 is 6.18 Å². The Labute approximate surface area is 129 Å². The molecule has 2 rings (SSSR count). The highest BCUT2D eigenvalue weighted by molar-refractivity contribution is 7.17. The summed E-state index contributed by atoms with van der Waals surface area (Å²) in [5.74, 6) is -0.114.